The molecule has 0 aromatic carbocycles. The SMILES string of the molecule is CN(c1ccncc1C(=O)O)C1CCNCC1. The number of hydrogen-bond donors (Lipinski definition) is 2. The lowest BCUT2D eigenvalue weighted by molar-refractivity contribution is 0.0697. The topological polar surface area (TPSA) is 65.5 Å². The number of carbonyl (C=O) groups is 1. The average molecular weight is 235 g/mol. The Hall–Kier alpha value is -1.62. The minimum Gasteiger partial charge on any atom is -0.478 e. The van der Waals surface area contributed by atoms with Crippen molar-refractivity contribution in [2.24, 2.45) is 0 Å². The Labute approximate surface area is 100 Å². The molecule has 92 valence electrons. The third-order valence-corrected chi connectivity index (χ3v) is 3.26. The van der Waals surface area contributed by atoms with Gasteiger partial charge in [0.05, 0.1) is 5.69 Å². The molecule has 5 heteroatoms. The maximum absolute atomic E-state index is 11.1. The summed E-state index contributed by atoms with van der Waals surface area (Å²) in [6.07, 6.45) is 5.13. The second kappa shape index (κ2) is 5.14. The van der Waals surface area contributed by atoms with E-state index in [-0.39, 0.29) is 5.56 Å². The summed E-state index contributed by atoms with van der Waals surface area (Å²) in [6.45, 7) is 1.98. The molecule has 1 saturated heterocycles. The fourth-order valence-corrected chi connectivity index (χ4v) is 2.25. The Kier molecular flexibility index (Phi) is 3.58. The highest BCUT2D eigenvalue weighted by Gasteiger charge is 2.21. The van der Waals surface area contributed by atoms with Gasteiger partial charge in [0.25, 0.3) is 0 Å². The Bertz CT molecular complexity index is 402. The van der Waals surface area contributed by atoms with Crippen LogP contribution >= 0.6 is 0 Å². The second-order valence-corrected chi connectivity index (χ2v) is 4.29. The van der Waals surface area contributed by atoms with Gasteiger partial charge in [0.1, 0.15) is 5.56 Å². The highest BCUT2D eigenvalue weighted by atomic mass is 16.4. The lowest BCUT2D eigenvalue weighted by Gasteiger charge is -2.33. The average Bonchev–Trinajstić information content (AvgIpc) is 2.39. The van der Waals surface area contributed by atoms with Crippen LogP contribution in [0, 0.1) is 0 Å². The van der Waals surface area contributed by atoms with Crippen LogP contribution in [-0.2, 0) is 0 Å². The molecule has 2 rings (SSSR count). The number of piperidine rings is 1. The molecule has 1 aromatic rings. The number of aromatic nitrogens is 1. The van der Waals surface area contributed by atoms with Crippen molar-refractivity contribution < 1.29 is 9.90 Å². The highest BCUT2D eigenvalue weighted by molar-refractivity contribution is 5.94. The molecule has 0 bridgehead atoms. The summed E-state index contributed by atoms with van der Waals surface area (Å²) in [5.74, 6) is -0.922. The number of carboxylic acid groups (broad SMARTS) is 1. The van der Waals surface area contributed by atoms with Crippen LogP contribution in [0.25, 0.3) is 0 Å². The lowest BCUT2D eigenvalue weighted by Crippen LogP contribution is -2.41. The molecular weight excluding hydrogens is 218 g/mol. The van der Waals surface area contributed by atoms with E-state index in [9.17, 15) is 4.79 Å². The number of pyridine rings is 1. The maximum atomic E-state index is 11.1. The molecule has 1 fully saturated rings. The van der Waals surface area contributed by atoms with E-state index in [1.807, 2.05) is 7.05 Å². The van der Waals surface area contributed by atoms with Crippen LogP contribution in [0.1, 0.15) is 23.2 Å². The molecule has 0 radical (unpaired) electrons. The van der Waals surface area contributed by atoms with Crippen LogP contribution in [0.4, 0.5) is 5.69 Å². The summed E-state index contributed by atoms with van der Waals surface area (Å²) < 4.78 is 0. The Morgan fingerprint density at radius 3 is 2.88 bits per heavy atom. The maximum Gasteiger partial charge on any atom is 0.339 e. The zero-order valence-electron chi connectivity index (χ0n) is 9.89. The van der Waals surface area contributed by atoms with Crippen LogP contribution < -0.4 is 10.2 Å². The van der Waals surface area contributed by atoms with Crippen molar-refractivity contribution in [1.82, 2.24) is 10.3 Å². The van der Waals surface area contributed by atoms with Gasteiger partial charge < -0.3 is 15.3 Å². The van der Waals surface area contributed by atoms with Gasteiger partial charge in [-0.1, -0.05) is 0 Å². The zero-order valence-corrected chi connectivity index (χ0v) is 9.89. The molecule has 1 aliphatic rings. The van der Waals surface area contributed by atoms with Crippen molar-refractivity contribution in [3.8, 4) is 0 Å². The third-order valence-electron chi connectivity index (χ3n) is 3.26. The summed E-state index contributed by atoms with van der Waals surface area (Å²) in [5, 5.41) is 12.4. The predicted molar refractivity (Wildman–Crippen MR) is 65.5 cm³/mol. The van der Waals surface area contributed by atoms with Crippen molar-refractivity contribution in [3.05, 3.63) is 24.0 Å². The van der Waals surface area contributed by atoms with Crippen molar-refractivity contribution >= 4 is 11.7 Å². The van der Waals surface area contributed by atoms with Crippen LogP contribution in [-0.4, -0.2) is 42.2 Å². The summed E-state index contributed by atoms with van der Waals surface area (Å²) in [7, 11) is 1.96. The molecule has 0 atom stereocenters. The molecule has 1 aromatic heterocycles. The standard InChI is InChI=1S/C12H17N3O2/c1-15(9-2-5-13-6-3-9)11-4-7-14-8-10(11)12(16)17/h4,7-9,13H,2-3,5-6H2,1H3,(H,16,17). The molecule has 5 nitrogen and oxygen atoms in total. The molecule has 2 heterocycles. The number of carboxylic acids is 1. The summed E-state index contributed by atoms with van der Waals surface area (Å²) >= 11 is 0. The van der Waals surface area contributed by atoms with Gasteiger partial charge in [0.2, 0.25) is 0 Å². The minimum absolute atomic E-state index is 0.272. The largest absolute Gasteiger partial charge is 0.478 e. The van der Waals surface area contributed by atoms with Crippen LogP contribution in [0.3, 0.4) is 0 Å². The normalized spacial score (nSPS) is 16.8. The van der Waals surface area contributed by atoms with Crippen molar-refractivity contribution in [1.29, 1.82) is 0 Å². The van der Waals surface area contributed by atoms with Crippen LogP contribution in [0.15, 0.2) is 18.5 Å². The van der Waals surface area contributed by atoms with Crippen molar-refractivity contribution in [3.63, 3.8) is 0 Å². The fraction of sp³-hybridized carbons (Fsp3) is 0.500. The van der Waals surface area contributed by atoms with E-state index in [0.29, 0.717) is 6.04 Å². The van der Waals surface area contributed by atoms with Gasteiger partial charge in [0, 0.05) is 25.5 Å². The summed E-state index contributed by atoms with van der Waals surface area (Å²) in [5.41, 5.74) is 1.02. The molecular formula is C12H17N3O2. The fourth-order valence-electron chi connectivity index (χ4n) is 2.25. The van der Waals surface area contributed by atoms with Gasteiger partial charge in [-0.05, 0) is 32.0 Å². The molecule has 0 spiro atoms. The first kappa shape index (κ1) is 11.9. The predicted octanol–water partition coefficient (Wildman–Crippen LogP) is 0.968. The van der Waals surface area contributed by atoms with Crippen LogP contribution in [0.5, 0.6) is 0 Å². The first-order valence-corrected chi connectivity index (χ1v) is 5.81. The van der Waals surface area contributed by atoms with Gasteiger partial charge in [-0.15, -0.1) is 0 Å². The molecule has 0 unspecified atom stereocenters. The smallest absolute Gasteiger partial charge is 0.339 e. The van der Waals surface area contributed by atoms with E-state index in [0.717, 1.165) is 31.6 Å². The highest BCUT2D eigenvalue weighted by Crippen LogP contribution is 2.23. The Morgan fingerprint density at radius 1 is 1.53 bits per heavy atom. The van der Waals surface area contributed by atoms with E-state index < -0.39 is 5.97 Å². The molecule has 0 amide bonds. The van der Waals surface area contributed by atoms with E-state index in [4.69, 9.17) is 5.11 Å². The van der Waals surface area contributed by atoms with Gasteiger partial charge in [0.15, 0.2) is 0 Å². The van der Waals surface area contributed by atoms with Crippen LogP contribution in [0.2, 0.25) is 0 Å². The first-order chi connectivity index (χ1) is 8.20. The molecule has 1 aliphatic heterocycles. The van der Waals surface area contributed by atoms with E-state index >= 15 is 0 Å². The van der Waals surface area contributed by atoms with Gasteiger partial charge in [-0.25, -0.2) is 4.79 Å². The molecule has 17 heavy (non-hydrogen) atoms. The Morgan fingerprint density at radius 2 is 2.24 bits per heavy atom. The quantitative estimate of drug-likeness (QED) is 0.817. The molecule has 0 saturated carbocycles. The van der Waals surface area contributed by atoms with E-state index in [2.05, 4.69) is 15.2 Å². The van der Waals surface area contributed by atoms with Crippen molar-refractivity contribution in [2.75, 3.05) is 25.0 Å². The number of aromatic carboxylic acids is 1. The van der Waals surface area contributed by atoms with Gasteiger partial charge >= 0.3 is 5.97 Å². The lowest BCUT2D eigenvalue weighted by atomic mass is 10.0. The van der Waals surface area contributed by atoms with E-state index in [1.165, 1.54) is 6.20 Å². The number of anilines is 1. The second-order valence-electron chi connectivity index (χ2n) is 4.29. The number of hydrogen-bond acceptors (Lipinski definition) is 4. The number of nitrogens with zero attached hydrogens (tertiary/aromatic N) is 2. The zero-order chi connectivity index (χ0) is 12.3. The summed E-state index contributed by atoms with van der Waals surface area (Å²) in [6, 6.07) is 2.17. The number of rotatable bonds is 3. The van der Waals surface area contributed by atoms with Gasteiger partial charge in [-0.2, -0.15) is 0 Å². The monoisotopic (exact) mass is 235 g/mol. The molecule has 2 N–H and O–H groups in total. The van der Waals surface area contributed by atoms with Crippen molar-refractivity contribution in [2.45, 2.75) is 18.9 Å². The number of nitrogens with one attached hydrogen (secondary N) is 1. The molecule has 0 aliphatic carbocycles. The minimum atomic E-state index is -0.922. The van der Waals surface area contributed by atoms with E-state index in [1.54, 1.807) is 12.3 Å². The Balaban J connectivity index is 2.23. The third kappa shape index (κ3) is 2.55. The first-order valence-electron chi connectivity index (χ1n) is 5.81. The van der Waals surface area contributed by atoms with Gasteiger partial charge in [-0.3, -0.25) is 4.98 Å². The summed E-state index contributed by atoms with van der Waals surface area (Å²) in [4.78, 5) is 17.1.